The van der Waals surface area contributed by atoms with Gasteiger partial charge in [-0.25, -0.2) is 9.18 Å². The van der Waals surface area contributed by atoms with E-state index in [1.165, 1.54) is 12.1 Å². The topological polar surface area (TPSA) is 63.3 Å². The number of benzene rings is 1. The van der Waals surface area contributed by atoms with E-state index in [1.54, 1.807) is 0 Å². The summed E-state index contributed by atoms with van der Waals surface area (Å²) in [4.78, 5) is 10.6. The van der Waals surface area contributed by atoms with Crippen LogP contribution in [-0.2, 0) is 0 Å². The van der Waals surface area contributed by atoms with E-state index >= 15 is 0 Å². The Morgan fingerprint density at radius 1 is 1.29 bits per heavy atom. The van der Waals surface area contributed by atoms with E-state index in [0.717, 1.165) is 6.07 Å². The van der Waals surface area contributed by atoms with Crippen molar-refractivity contribution in [1.82, 2.24) is 5.16 Å². The molecule has 2 rings (SSSR count). The Kier molecular flexibility index (Phi) is 3.04. The molecule has 17 heavy (non-hydrogen) atoms. The van der Waals surface area contributed by atoms with Crippen LogP contribution in [0.3, 0.4) is 0 Å². The van der Waals surface area contributed by atoms with E-state index in [1.807, 2.05) is 0 Å². The number of aromatic carboxylic acids is 1. The summed E-state index contributed by atoms with van der Waals surface area (Å²) < 4.78 is 17.6. The highest BCUT2D eigenvalue weighted by atomic mass is 35.5. The van der Waals surface area contributed by atoms with Crippen molar-refractivity contribution in [3.8, 4) is 11.3 Å². The van der Waals surface area contributed by atoms with Crippen LogP contribution in [0.15, 0.2) is 22.7 Å². The monoisotopic (exact) mass is 275 g/mol. The van der Waals surface area contributed by atoms with Crippen LogP contribution in [0.4, 0.5) is 4.39 Å². The first kappa shape index (κ1) is 11.9. The Hall–Kier alpha value is -1.59. The van der Waals surface area contributed by atoms with E-state index < -0.39 is 11.8 Å². The van der Waals surface area contributed by atoms with Gasteiger partial charge in [0.15, 0.2) is 0 Å². The average molecular weight is 276 g/mol. The van der Waals surface area contributed by atoms with Crippen molar-refractivity contribution in [2.75, 3.05) is 0 Å². The number of hydrogen-bond donors (Lipinski definition) is 1. The second-order valence-corrected chi connectivity index (χ2v) is 3.94. The fourth-order valence-electron chi connectivity index (χ4n) is 1.22. The second kappa shape index (κ2) is 4.35. The summed E-state index contributed by atoms with van der Waals surface area (Å²) >= 11 is 11.4. The zero-order valence-electron chi connectivity index (χ0n) is 8.08. The van der Waals surface area contributed by atoms with Gasteiger partial charge in [-0.3, -0.25) is 0 Å². The van der Waals surface area contributed by atoms with Crippen molar-refractivity contribution in [2.45, 2.75) is 0 Å². The van der Waals surface area contributed by atoms with Crippen LogP contribution in [0.1, 0.15) is 10.6 Å². The highest BCUT2D eigenvalue weighted by Gasteiger charge is 2.16. The number of rotatable bonds is 2. The third-order valence-corrected chi connectivity index (χ3v) is 2.61. The maximum absolute atomic E-state index is 13.1. The minimum Gasteiger partial charge on any atom is -0.475 e. The molecule has 0 bridgehead atoms. The summed E-state index contributed by atoms with van der Waals surface area (Å²) in [6.45, 7) is 0. The third kappa shape index (κ3) is 2.25. The minimum atomic E-state index is -1.26. The van der Waals surface area contributed by atoms with Crippen molar-refractivity contribution in [1.29, 1.82) is 0 Å². The van der Waals surface area contributed by atoms with Gasteiger partial charge >= 0.3 is 5.97 Å². The number of carbonyl (C=O) groups is 1. The maximum atomic E-state index is 13.1. The Morgan fingerprint density at radius 2 is 2.00 bits per heavy atom. The summed E-state index contributed by atoms with van der Waals surface area (Å²) in [5.41, 5.74) is 0.476. The predicted molar refractivity (Wildman–Crippen MR) is 58.9 cm³/mol. The van der Waals surface area contributed by atoms with Gasteiger partial charge in [-0.1, -0.05) is 28.4 Å². The molecule has 1 aromatic carbocycles. The fraction of sp³-hybridized carbons (Fsp3) is 0. The Morgan fingerprint density at radius 3 is 2.59 bits per heavy atom. The molecule has 1 heterocycles. The lowest BCUT2D eigenvalue weighted by Crippen LogP contribution is -1.91. The first-order valence-electron chi connectivity index (χ1n) is 4.34. The number of carboxylic acid groups (broad SMARTS) is 1. The highest BCUT2D eigenvalue weighted by Crippen LogP contribution is 2.31. The molecule has 0 aliphatic carbocycles. The van der Waals surface area contributed by atoms with Crippen molar-refractivity contribution in [3.05, 3.63) is 39.8 Å². The maximum Gasteiger partial charge on any atom is 0.374 e. The van der Waals surface area contributed by atoms with Gasteiger partial charge in [0.25, 0.3) is 0 Å². The normalized spacial score (nSPS) is 10.5. The summed E-state index contributed by atoms with van der Waals surface area (Å²) in [5, 5.41) is 12.1. The van der Waals surface area contributed by atoms with Crippen molar-refractivity contribution in [2.24, 2.45) is 0 Å². The highest BCUT2D eigenvalue weighted by molar-refractivity contribution is 6.35. The zero-order valence-corrected chi connectivity index (χ0v) is 9.59. The van der Waals surface area contributed by atoms with E-state index in [4.69, 9.17) is 28.3 Å². The molecule has 1 N–H and O–H groups in total. The quantitative estimate of drug-likeness (QED) is 0.853. The zero-order chi connectivity index (χ0) is 12.6. The standard InChI is InChI=1S/C10H4Cl2FNO3/c11-5-2-7(13)6(12)1-4(5)8-3-9(10(15)16)17-14-8/h1-3H,(H,15,16). The molecule has 0 spiro atoms. The van der Waals surface area contributed by atoms with Crippen LogP contribution in [-0.4, -0.2) is 16.2 Å². The minimum absolute atomic E-state index is 0.0668. The smallest absolute Gasteiger partial charge is 0.374 e. The van der Waals surface area contributed by atoms with Crippen molar-refractivity contribution in [3.63, 3.8) is 0 Å². The molecular formula is C10H4Cl2FNO3. The molecule has 0 radical (unpaired) electrons. The van der Waals surface area contributed by atoms with Gasteiger partial charge in [-0.05, 0) is 12.1 Å². The van der Waals surface area contributed by atoms with Crippen molar-refractivity contribution < 1.29 is 18.8 Å². The average Bonchev–Trinajstić information content (AvgIpc) is 2.72. The molecular weight excluding hydrogens is 272 g/mol. The Balaban J connectivity index is 2.52. The Labute approximate surface area is 105 Å². The van der Waals surface area contributed by atoms with Gasteiger partial charge in [-0.15, -0.1) is 0 Å². The van der Waals surface area contributed by atoms with Gasteiger partial charge < -0.3 is 9.63 Å². The second-order valence-electron chi connectivity index (χ2n) is 3.13. The van der Waals surface area contributed by atoms with E-state index in [9.17, 15) is 9.18 Å². The van der Waals surface area contributed by atoms with E-state index in [2.05, 4.69) is 9.68 Å². The summed E-state index contributed by atoms with van der Waals surface area (Å²) in [6.07, 6.45) is 0. The number of aromatic nitrogens is 1. The lowest BCUT2D eigenvalue weighted by Gasteiger charge is -2.01. The molecule has 0 fully saturated rings. The SMILES string of the molecule is O=C(O)c1cc(-c2cc(Cl)c(F)cc2Cl)no1. The predicted octanol–water partition coefficient (Wildman–Crippen LogP) is 3.49. The van der Waals surface area contributed by atoms with Gasteiger partial charge in [0.1, 0.15) is 11.5 Å². The van der Waals surface area contributed by atoms with E-state index in [-0.39, 0.29) is 21.5 Å². The number of carboxylic acids is 1. The van der Waals surface area contributed by atoms with Crippen LogP contribution in [0, 0.1) is 5.82 Å². The van der Waals surface area contributed by atoms with Crippen molar-refractivity contribution >= 4 is 29.2 Å². The van der Waals surface area contributed by atoms with Crippen LogP contribution in [0.2, 0.25) is 10.0 Å². The molecule has 7 heteroatoms. The van der Waals surface area contributed by atoms with Crippen LogP contribution < -0.4 is 0 Å². The number of hydrogen-bond acceptors (Lipinski definition) is 3. The van der Waals surface area contributed by atoms with Crippen LogP contribution in [0.25, 0.3) is 11.3 Å². The number of halogens is 3. The lowest BCUT2D eigenvalue weighted by atomic mass is 10.1. The van der Waals surface area contributed by atoms with Crippen LogP contribution >= 0.6 is 23.2 Å². The summed E-state index contributed by atoms with van der Waals surface area (Å²) in [7, 11) is 0. The molecule has 0 saturated carbocycles. The molecule has 0 unspecified atom stereocenters. The van der Waals surface area contributed by atoms with E-state index in [0.29, 0.717) is 5.56 Å². The molecule has 1 aromatic heterocycles. The van der Waals surface area contributed by atoms with Gasteiger partial charge in [0.2, 0.25) is 5.76 Å². The molecule has 4 nitrogen and oxygen atoms in total. The summed E-state index contributed by atoms with van der Waals surface area (Å²) in [5.74, 6) is -2.26. The molecule has 0 amide bonds. The Bertz CT molecular complexity index is 597. The van der Waals surface area contributed by atoms with Gasteiger partial charge in [0.05, 0.1) is 10.0 Å². The lowest BCUT2D eigenvalue weighted by molar-refractivity contribution is 0.0652. The van der Waals surface area contributed by atoms with Gasteiger partial charge in [0, 0.05) is 11.6 Å². The molecule has 0 saturated heterocycles. The third-order valence-electron chi connectivity index (χ3n) is 2.01. The molecule has 0 aliphatic rings. The largest absolute Gasteiger partial charge is 0.475 e. The molecule has 88 valence electrons. The fourth-order valence-corrected chi connectivity index (χ4v) is 1.63. The number of nitrogens with zero attached hydrogens (tertiary/aromatic N) is 1. The molecule has 0 atom stereocenters. The summed E-state index contributed by atoms with van der Waals surface area (Å²) in [6, 6.07) is 3.45. The first-order valence-corrected chi connectivity index (χ1v) is 5.09. The van der Waals surface area contributed by atoms with Crippen LogP contribution in [0.5, 0.6) is 0 Å². The van der Waals surface area contributed by atoms with Gasteiger partial charge in [-0.2, -0.15) is 0 Å². The first-order chi connectivity index (χ1) is 7.99. The molecule has 0 aliphatic heterocycles. The molecule has 2 aromatic rings.